The Kier molecular flexibility index (Phi) is 5.69. The fourth-order valence-electron chi connectivity index (χ4n) is 3.22. The number of hydrogen-bond donors (Lipinski definition) is 2. The van der Waals surface area contributed by atoms with E-state index in [1.807, 2.05) is 6.92 Å². The van der Waals surface area contributed by atoms with E-state index in [0.29, 0.717) is 44.4 Å². The van der Waals surface area contributed by atoms with Crippen molar-refractivity contribution < 1.29 is 19.1 Å². The predicted molar refractivity (Wildman–Crippen MR) is 121 cm³/mol. The number of nitrogens with zero attached hydrogens (tertiary/aromatic N) is 3. The lowest BCUT2D eigenvalue weighted by molar-refractivity contribution is 0.0592. The molecule has 4 aromatic rings. The molecule has 32 heavy (non-hydrogen) atoms. The van der Waals surface area contributed by atoms with Gasteiger partial charge in [0.15, 0.2) is 10.4 Å². The summed E-state index contributed by atoms with van der Waals surface area (Å²) in [4.78, 5) is 35.6. The Morgan fingerprint density at radius 1 is 0.938 bits per heavy atom. The van der Waals surface area contributed by atoms with Gasteiger partial charge in [-0.25, -0.2) is 14.6 Å². The summed E-state index contributed by atoms with van der Waals surface area (Å²) in [5, 5.41) is 3.14. The number of carbonyl (C=O) groups excluding carboxylic acids is 2. The third-order valence-corrected chi connectivity index (χ3v) is 5.11. The molecule has 0 radical (unpaired) electrons. The number of nitrogens with one attached hydrogen (secondary N) is 2. The Hall–Kier alpha value is -4.05. The van der Waals surface area contributed by atoms with Crippen molar-refractivity contribution in [1.29, 1.82) is 0 Å². The first-order valence-electron chi connectivity index (χ1n) is 9.55. The molecule has 0 amide bonds. The summed E-state index contributed by atoms with van der Waals surface area (Å²) in [5.41, 5.74) is 4.33. The molecule has 2 heterocycles. The maximum atomic E-state index is 11.7. The lowest BCUT2D eigenvalue weighted by atomic mass is 10.2. The van der Waals surface area contributed by atoms with Crippen LogP contribution >= 0.6 is 12.2 Å². The van der Waals surface area contributed by atoms with Gasteiger partial charge < -0.3 is 19.8 Å². The lowest BCUT2D eigenvalue weighted by Gasteiger charge is -2.09. The van der Waals surface area contributed by atoms with Gasteiger partial charge in [-0.2, -0.15) is 4.98 Å². The van der Waals surface area contributed by atoms with Crippen molar-refractivity contribution in [1.82, 2.24) is 19.5 Å². The number of H-pyrrole nitrogens is 1. The highest BCUT2D eigenvalue weighted by molar-refractivity contribution is 7.71. The monoisotopic (exact) mass is 449 g/mol. The van der Waals surface area contributed by atoms with Crippen LogP contribution in [0.25, 0.3) is 16.9 Å². The number of ether oxygens (including phenoxy) is 2. The maximum absolute atomic E-state index is 11.7. The molecule has 0 aliphatic carbocycles. The zero-order valence-corrected chi connectivity index (χ0v) is 18.3. The minimum absolute atomic E-state index is 0.370. The van der Waals surface area contributed by atoms with Gasteiger partial charge in [-0.3, -0.25) is 4.57 Å². The van der Waals surface area contributed by atoms with Crippen LogP contribution in [-0.2, 0) is 9.47 Å². The first-order chi connectivity index (χ1) is 15.4. The molecule has 2 N–H and O–H groups in total. The van der Waals surface area contributed by atoms with E-state index in [1.54, 1.807) is 53.1 Å². The van der Waals surface area contributed by atoms with Crippen LogP contribution < -0.4 is 5.32 Å². The summed E-state index contributed by atoms with van der Waals surface area (Å²) >= 11 is 5.51. The Labute approximate surface area is 188 Å². The van der Waals surface area contributed by atoms with Gasteiger partial charge in [0.25, 0.3) is 0 Å². The van der Waals surface area contributed by atoms with Crippen LogP contribution in [0.3, 0.4) is 0 Å². The molecule has 0 atom stereocenters. The number of carbonyl (C=O) groups is 2. The molecule has 0 aliphatic rings. The Morgan fingerprint density at radius 3 is 2.06 bits per heavy atom. The number of aromatic amines is 1. The molecular weight excluding hydrogens is 430 g/mol. The first-order valence-corrected chi connectivity index (χ1v) is 9.95. The second kappa shape index (κ2) is 8.60. The van der Waals surface area contributed by atoms with Gasteiger partial charge >= 0.3 is 11.9 Å². The standard InChI is InChI=1S/C22H19N5O4S/c1-12-17-18(26-21(23-12)24-15-8-4-13(5-9-15)19(28)30-2)27(22(32)25-17)16-10-6-14(7-11-16)20(29)31-3/h4-11H,1-3H3,(H,25,32)(H,23,24,26). The van der Waals surface area contributed by atoms with Gasteiger partial charge in [-0.1, -0.05) is 0 Å². The van der Waals surface area contributed by atoms with Crippen LogP contribution in [-0.4, -0.2) is 45.7 Å². The number of fused-ring (bicyclic) bond motifs is 1. The van der Waals surface area contributed by atoms with E-state index in [-0.39, 0.29) is 0 Å². The summed E-state index contributed by atoms with van der Waals surface area (Å²) in [6, 6.07) is 13.7. The third-order valence-electron chi connectivity index (χ3n) is 4.83. The Morgan fingerprint density at radius 2 is 1.50 bits per heavy atom. The number of methoxy groups -OCH3 is 2. The van der Waals surface area contributed by atoms with Crippen molar-refractivity contribution in [2.24, 2.45) is 0 Å². The average molecular weight is 449 g/mol. The van der Waals surface area contributed by atoms with Crippen molar-refractivity contribution in [3.05, 3.63) is 70.1 Å². The minimum atomic E-state index is -0.415. The van der Waals surface area contributed by atoms with Crippen molar-refractivity contribution in [3.63, 3.8) is 0 Å². The van der Waals surface area contributed by atoms with Gasteiger partial charge in [-0.15, -0.1) is 0 Å². The number of aryl methyl sites for hydroxylation is 1. The molecule has 10 heteroatoms. The maximum Gasteiger partial charge on any atom is 0.337 e. The summed E-state index contributed by atoms with van der Waals surface area (Å²) in [6.45, 7) is 1.85. The Balaban J connectivity index is 1.72. The van der Waals surface area contributed by atoms with Crippen molar-refractivity contribution in [3.8, 4) is 5.69 Å². The zero-order chi connectivity index (χ0) is 22.8. The molecule has 0 fully saturated rings. The summed E-state index contributed by atoms with van der Waals surface area (Å²) in [6.07, 6.45) is 0. The highest BCUT2D eigenvalue weighted by Gasteiger charge is 2.14. The van der Waals surface area contributed by atoms with Gasteiger partial charge in [0, 0.05) is 11.4 Å². The smallest absolute Gasteiger partial charge is 0.337 e. The number of benzene rings is 2. The second-order valence-corrected chi connectivity index (χ2v) is 7.22. The highest BCUT2D eigenvalue weighted by Crippen LogP contribution is 2.23. The van der Waals surface area contributed by atoms with E-state index in [4.69, 9.17) is 21.7 Å². The molecular formula is C22H19N5O4S. The van der Waals surface area contributed by atoms with Gasteiger partial charge in [0.05, 0.1) is 31.0 Å². The fraction of sp³-hybridized carbons (Fsp3) is 0.136. The van der Waals surface area contributed by atoms with Crippen molar-refractivity contribution >= 4 is 47.0 Å². The Bertz CT molecular complexity index is 1370. The van der Waals surface area contributed by atoms with E-state index in [1.165, 1.54) is 14.2 Å². The van der Waals surface area contributed by atoms with Gasteiger partial charge in [0.2, 0.25) is 5.95 Å². The SMILES string of the molecule is COC(=O)c1ccc(Nc2nc(C)c3[nH]c(=S)n(-c4ccc(C(=O)OC)cc4)c3n2)cc1. The molecule has 2 aromatic carbocycles. The summed E-state index contributed by atoms with van der Waals surface area (Å²) in [5.74, 6) is -0.452. The molecule has 0 saturated carbocycles. The van der Waals surface area contributed by atoms with Crippen molar-refractivity contribution in [2.45, 2.75) is 6.92 Å². The lowest BCUT2D eigenvalue weighted by Crippen LogP contribution is -2.04. The molecule has 0 aliphatic heterocycles. The van der Waals surface area contributed by atoms with Gasteiger partial charge in [-0.05, 0) is 67.7 Å². The van der Waals surface area contributed by atoms with E-state index in [9.17, 15) is 9.59 Å². The topological polar surface area (TPSA) is 111 Å². The average Bonchev–Trinajstić information content (AvgIpc) is 3.15. The third kappa shape index (κ3) is 3.95. The largest absolute Gasteiger partial charge is 0.465 e. The van der Waals surface area contributed by atoms with Crippen LogP contribution in [0.4, 0.5) is 11.6 Å². The molecule has 0 saturated heterocycles. The van der Waals surface area contributed by atoms with Crippen LogP contribution in [0, 0.1) is 11.7 Å². The van der Waals surface area contributed by atoms with Crippen LogP contribution in [0.2, 0.25) is 0 Å². The van der Waals surface area contributed by atoms with Crippen molar-refractivity contribution in [2.75, 3.05) is 19.5 Å². The van der Waals surface area contributed by atoms with E-state index in [2.05, 4.69) is 20.3 Å². The minimum Gasteiger partial charge on any atom is -0.465 e. The molecule has 0 unspecified atom stereocenters. The molecule has 0 spiro atoms. The van der Waals surface area contributed by atoms with E-state index < -0.39 is 11.9 Å². The van der Waals surface area contributed by atoms with E-state index in [0.717, 1.165) is 5.69 Å². The summed E-state index contributed by atoms with van der Waals surface area (Å²) in [7, 11) is 2.67. The quantitative estimate of drug-likeness (QED) is 0.346. The molecule has 162 valence electrons. The molecule has 9 nitrogen and oxygen atoms in total. The predicted octanol–water partition coefficient (Wildman–Crippen LogP) is 4.10. The normalized spacial score (nSPS) is 10.7. The molecule has 4 rings (SSSR count). The van der Waals surface area contributed by atoms with E-state index >= 15 is 0 Å². The second-order valence-electron chi connectivity index (χ2n) is 6.83. The number of imidazole rings is 1. The number of hydrogen-bond acceptors (Lipinski definition) is 8. The van der Waals surface area contributed by atoms with Crippen LogP contribution in [0.1, 0.15) is 26.4 Å². The number of aromatic nitrogens is 4. The van der Waals surface area contributed by atoms with Gasteiger partial charge in [0.1, 0.15) is 5.52 Å². The summed E-state index contributed by atoms with van der Waals surface area (Å²) < 4.78 is 11.7. The number of anilines is 2. The van der Waals surface area contributed by atoms with Crippen LogP contribution in [0.15, 0.2) is 48.5 Å². The zero-order valence-electron chi connectivity index (χ0n) is 17.5. The highest BCUT2D eigenvalue weighted by atomic mass is 32.1. The molecule has 2 aromatic heterocycles. The molecule has 0 bridgehead atoms. The number of rotatable bonds is 5. The fourth-order valence-corrected chi connectivity index (χ4v) is 3.52. The number of esters is 2. The van der Waals surface area contributed by atoms with Crippen LogP contribution in [0.5, 0.6) is 0 Å². The first kappa shape index (κ1) is 21.2.